The van der Waals surface area contributed by atoms with E-state index in [2.05, 4.69) is 15.9 Å². The van der Waals surface area contributed by atoms with E-state index < -0.39 is 10.3 Å². The highest BCUT2D eigenvalue weighted by molar-refractivity contribution is 9.10. The minimum absolute atomic E-state index is 0.0453. The van der Waals surface area contributed by atoms with Crippen molar-refractivity contribution in [3.63, 3.8) is 0 Å². The van der Waals surface area contributed by atoms with Gasteiger partial charge < -0.3 is 4.74 Å². The van der Waals surface area contributed by atoms with Crippen molar-refractivity contribution in [3.05, 3.63) is 23.8 Å². The Morgan fingerprint density at radius 1 is 1.44 bits per heavy atom. The summed E-state index contributed by atoms with van der Waals surface area (Å²) in [5.41, 5.74) is -4.29. The zero-order chi connectivity index (χ0) is 13.9. The highest BCUT2D eigenvalue weighted by atomic mass is 79.9. The summed E-state index contributed by atoms with van der Waals surface area (Å²) in [6.45, 7) is 1.60. The number of Topliss-reactive ketones (excluding diaryl/α,β-unsaturated/α-hetero) is 1. The van der Waals surface area contributed by atoms with Crippen molar-refractivity contribution < 1.29 is 22.7 Å². The molecule has 100 valence electrons. The van der Waals surface area contributed by atoms with Crippen LogP contribution in [0.4, 0.5) is 13.2 Å². The van der Waals surface area contributed by atoms with E-state index in [1.807, 2.05) is 0 Å². The monoisotopic (exact) mass is 342 g/mol. The Labute approximate surface area is 115 Å². The zero-order valence-corrected chi connectivity index (χ0v) is 11.9. The molecule has 1 aromatic rings. The first-order chi connectivity index (χ1) is 8.26. The third-order valence-corrected chi connectivity index (χ3v) is 3.22. The van der Waals surface area contributed by atoms with E-state index in [1.54, 1.807) is 6.92 Å². The molecule has 0 amide bonds. The molecule has 18 heavy (non-hydrogen) atoms. The van der Waals surface area contributed by atoms with Crippen LogP contribution in [0.25, 0.3) is 0 Å². The first-order valence-corrected chi connectivity index (χ1v) is 6.60. The second-order valence-corrected chi connectivity index (χ2v) is 5.85. The summed E-state index contributed by atoms with van der Waals surface area (Å²) < 4.78 is 42.0. The molecule has 0 saturated heterocycles. The van der Waals surface area contributed by atoms with Crippen molar-refractivity contribution in [3.8, 4) is 5.75 Å². The zero-order valence-electron chi connectivity index (χ0n) is 9.55. The van der Waals surface area contributed by atoms with Gasteiger partial charge in [-0.2, -0.15) is 13.2 Å². The number of para-hydroxylation sites is 1. The molecule has 0 bridgehead atoms. The van der Waals surface area contributed by atoms with Crippen LogP contribution in [0.1, 0.15) is 17.3 Å². The minimum Gasteiger partial charge on any atom is -0.495 e. The van der Waals surface area contributed by atoms with Crippen LogP contribution in [0.15, 0.2) is 23.1 Å². The van der Waals surface area contributed by atoms with Gasteiger partial charge in [0.05, 0.1) is 22.4 Å². The van der Waals surface area contributed by atoms with E-state index in [1.165, 1.54) is 25.3 Å². The average Bonchev–Trinajstić information content (AvgIpc) is 2.25. The quantitative estimate of drug-likeness (QED) is 0.464. The maximum absolute atomic E-state index is 12.4. The van der Waals surface area contributed by atoms with Crippen LogP contribution >= 0.6 is 27.7 Å². The first-order valence-electron chi connectivity index (χ1n) is 4.87. The van der Waals surface area contributed by atoms with Crippen molar-refractivity contribution in [1.82, 2.24) is 0 Å². The first kappa shape index (κ1) is 15.4. The van der Waals surface area contributed by atoms with Gasteiger partial charge in [0.1, 0.15) is 5.75 Å². The number of alkyl halides is 4. The number of hydrogen-bond donors (Lipinski definition) is 0. The Morgan fingerprint density at radius 2 is 2.06 bits per heavy atom. The second-order valence-electron chi connectivity index (χ2n) is 3.37. The molecule has 1 unspecified atom stereocenters. The van der Waals surface area contributed by atoms with Crippen LogP contribution in [0.3, 0.4) is 0 Å². The fourth-order valence-corrected chi connectivity index (χ4v) is 2.27. The van der Waals surface area contributed by atoms with Crippen LogP contribution in [-0.4, -0.2) is 23.2 Å². The summed E-state index contributed by atoms with van der Waals surface area (Å²) >= 11 is 2.79. The largest absolute Gasteiger partial charge is 0.495 e. The molecule has 0 aromatic heterocycles. The fraction of sp³-hybridized carbons (Fsp3) is 0.364. The Hall–Kier alpha value is -0.690. The van der Waals surface area contributed by atoms with Gasteiger partial charge in [-0.3, -0.25) is 4.79 Å². The normalized spacial score (nSPS) is 13.2. The van der Waals surface area contributed by atoms with Gasteiger partial charge in [0, 0.05) is 0 Å². The van der Waals surface area contributed by atoms with Crippen molar-refractivity contribution in [2.75, 3.05) is 7.11 Å². The maximum atomic E-state index is 12.4. The summed E-state index contributed by atoms with van der Waals surface area (Å²) in [4.78, 5) is 11.2. The summed E-state index contributed by atoms with van der Waals surface area (Å²) in [5.74, 6) is -0.368. The number of halogens is 4. The van der Waals surface area contributed by atoms with E-state index in [0.717, 1.165) is 0 Å². The molecular formula is C11H10BrF3O2S. The lowest BCUT2D eigenvalue weighted by atomic mass is 10.1. The van der Waals surface area contributed by atoms with Crippen LogP contribution < -0.4 is 4.74 Å². The fourth-order valence-electron chi connectivity index (χ4n) is 1.34. The Bertz CT molecular complexity index is 446. The third kappa shape index (κ3) is 3.91. The number of hydrogen-bond acceptors (Lipinski definition) is 3. The number of ketones is 1. The number of thioether (sulfide) groups is 1. The molecule has 2 nitrogen and oxygen atoms in total. The number of ether oxygens (including phenoxy) is 1. The van der Waals surface area contributed by atoms with E-state index >= 15 is 0 Å². The second kappa shape index (κ2) is 5.97. The van der Waals surface area contributed by atoms with Gasteiger partial charge in [-0.05, 0) is 30.8 Å². The van der Waals surface area contributed by atoms with Crippen LogP contribution in [0.2, 0.25) is 0 Å². The highest BCUT2D eigenvalue weighted by Gasteiger charge is 2.32. The topological polar surface area (TPSA) is 26.3 Å². The van der Waals surface area contributed by atoms with Crippen LogP contribution in [-0.2, 0) is 0 Å². The van der Waals surface area contributed by atoms with Gasteiger partial charge in [-0.15, -0.1) is 0 Å². The standard InChI is InChI=1S/C11H10BrF3O2S/c1-6(12)9(16)7-4-3-5-8(10(7)17-2)18-11(13,14)15/h3-6H,1-2H3. The Morgan fingerprint density at radius 3 is 2.50 bits per heavy atom. The molecule has 0 N–H and O–H groups in total. The smallest absolute Gasteiger partial charge is 0.446 e. The lowest BCUT2D eigenvalue weighted by Crippen LogP contribution is -2.12. The molecule has 7 heteroatoms. The molecule has 0 saturated carbocycles. The molecule has 0 radical (unpaired) electrons. The van der Waals surface area contributed by atoms with Crippen LogP contribution in [0.5, 0.6) is 5.75 Å². The van der Waals surface area contributed by atoms with Gasteiger partial charge in [0.2, 0.25) is 0 Å². The summed E-state index contributed by atoms with van der Waals surface area (Å²) in [7, 11) is 1.24. The number of benzene rings is 1. The minimum atomic E-state index is -4.42. The maximum Gasteiger partial charge on any atom is 0.446 e. The molecule has 1 aromatic carbocycles. The number of carbonyl (C=O) groups excluding carboxylic acids is 1. The predicted octanol–water partition coefficient (Wildman–Crippen LogP) is 4.27. The number of rotatable bonds is 4. The van der Waals surface area contributed by atoms with Gasteiger partial charge in [0.25, 0.3) is 0 Å². The van der Waals surface area contributed by atoms with Gasteiger partial charge in [-0.1, -0.05) is 22.0 Å². The molecule has 0 aliphatic carbocycles. The Balaban J connectivity index is 3.22. The van der Waals surface area contributed by atoms with E-state index in [0.29, 0.717) is 0 Å². The Kier molecular flexibility index (Phi) is 5.10. The molecule has 0 spiro atoms. The molecule has 0 fully saturated rings. The lowest BCUT2D eigenvalue weighted by Gasteiger charge is -2.14. The third-order valence-electron chi connectivity index (χ3n) is 2.04. The SMILES string of the molecule is COc1c(SC(F)(F)F)cccc1C(=O)C(C)Br. The summed E-state index contributed by atoms with van der Waals surface area (Å²) in [5, 5.41) is 0. The van der Waals surface area contributed by atoms with Crippen molar-refractivity contribution in [2.45, 2.75) is 22.2 Å². The van der Waals surface area contributed by atoms with Gasteiger partial charge in [-0.25, -0.2) is 0 Å². The lowest BCUT2D eigenvalue weighted by molar-refractivity contribution is -0.0329. The van der Waals surface area contributed by atoms with Crippen LogP contribution in [0, 0.1) is 0 Å². The van der Waals surface area contributed by atoms with Crippen molar-refractivity contribution in [2.24, 2.45) is 0 Å². The molecule has 0 heterocycles. The molecule has 1 rings (SSSR count). The van der Waals surface area contributed by atoms with Crippen molar-refractivity contribution in [1.29, 1.82) is 0 Å². The molecule has 1 atom stereocenters. The molecule has 0 aliphatic heterocycles. The predicted molar refractivity (Wildman–Crippen MR) is 67.6 cm³/mol. The number of methoxy groups -OCH3 is 1. The van der Waals surface area contributed by atoms with E-state index in [-0.39, 0.29) is 33.8 Å². The summed E-state index contributed by atoms with van der Waals surface area (Å²) in [6.07, 6.45) is 0. The van der Waals surface area contributed by atoms with Gasteiger partial charge >= 0.3 is 5.51 Å². The highest BCUT2D eigenvalue weighted by Crippen LogP contribution is 2.42. The van der Waals surface area contributed by atoms with E-state index in [4.69, 9.17) is 4.74 Å². The average molecular weight is 343 g/mol. The summed E-state index contributed by atoms with van der Waals surface area (Å²) in [6, 6.07) is 4.12. The molecular weight excluding hydrogens is 333 g/mol. The number of carbonyl (C=O) groups is 1. The molecule has 0 aliphatic rings. The van der Waals surface area contributed by atoms with E-state index in [9.17, 15) is 18.0 Å². The van der Waals surface area contributed by atoms with Gasteiger partial charge in [0.15, 0.2) is 5.78 Å². The van der Waals surface area contributed by atoms with Crippen molar-refractivity contribution >= 4 is 33.5 Å².